The van der Waals surface area contributed by atoms with E-state index in [1.54, 1.807) is 0 Å². The van der Waals surface area contributed by atoms with Gasteiger partial charge in [0, 0.05) is 28.2 Å². The molecule has 0 saturated carbocycles. The van der Waals surface area contributed by atoms with Crippen LogP contribution in [0.1, 0.15) is 40.4 Å². The molecule has 56 heavy (non-hydrogen) atoms. The van der Waals surface area contributed by atoms with E-state index in [1.165, 1.54) is 11.1 Å². The third-order valence-corrected chi connectivity index (χ3v) is 11.0. The number of allylic oxidation sites excluding steroid dienone is 4. The Labute approximate surface area is 327 Å². The van der Waals surface area contributed by atoms with Crippen molar-refractivity contribution in [3.63, 3.8) is 0 Å². The molecule has 266 valence electrons. The molecule has 0 fully saturated rings. The molecule has 0 saturated heterocycles. The lowest BCUT2D eigenvalue weighted by atomic mass is 9.63. The predicted octanol–water partition coefficient (Wildman–Crippen LogP) is 12.6. The lowest BCUT2D eigenvalue weighted by molar-refractivity contribution is 0.435. The van der Waals surface area contributed by atoms with Crippen molar-refractivity contribution < 1.29 is 4.74 Å². The van der Waals surface area contributed by atoms with Crippen LogP contribution in [0, 0.1) is 0 Å². The summed E-state index contributed by atoms with van der Waals surface area (Å²) in [6.45, 7) is 0. The number of nitrogens with zero attached hydrogens (tertiary/aromatic N) is 3. The normalized spacial score (nSPS) is 15.0. The lowest BCUT2D eigenvalue weighted by Crippen LogP contribution is -2.34. The van der Waals surface area contributed by atoms with Crippen molar-refractivity contribution in [2.75, 3.05) is 0 Å². The maximum Gasteiger partial charge on any atom is 0.163 e. The highest BCUT2D eigenvalue weighted by Gasteiger charge is 2.45. The molecular formula is C52H37N3O. The Morgan fingerprint density at radius 1 is 0.429 bits per heavy atom. The first kappa shape index (κ1) is 33.4. The minimum absolute atomic E-state index is 0.0659. The second-order valence-electron chi connectivity index (χ2n) is 14.3. The van der Waals surface area contributed by atoms with Gasteiger partial charge in [-0.05, 0) is 64.1 Å². The summed E-state index contributed by atoms with van der Waals surface area (Å²) in [5.74, 6) is 3.83. The minimum atomic E-state index is -0.564. The van der Waals surface area contributed by atoms with Crippen molar-refractivity contribution in [2.24, 2.45) is 0 Å². The van der Waals surface area contributed by atoms with Crippen molar-refractivity contribution >= 4 is 0 Å². The molecule has 4 heteroatoms. The zero-order valence-electron chi connectivity index (χ0n) is 30.7. The molecule has 1 aromatic heterocycles. The summed E-state index contributed by atoms with van der Waals surface area (Å²) in [5.41, 5.74) is 10.3. The van der Waals surface area contributed by atoms with Gasteiger partial charge in [0.1, 0.15) is 17.3 Å². The molecule has 1 aliphatic heterocycles. The molecule has 2 heterocycles. The number of para-hydroxylation sites is 1. The van der Waals surface area contributed by atoms with E-state index >= 15 is 0 Å². The highest BCUT2D eigenvalue weighted by molar-refractivity contribution is 5.77. The first-order valence-electron chi connectivity index (χ1n) is 19.1. The van der Waals surface area contributed by atoms with Crippen LogP contribution in [-0.4, -0.2) is 15.0 Å². The molecule has 8 aromatic rings. The first-order chi connectivity index (χ1) is 27.7. The highest BCUT2D eigenvalue weighted by atomic mass is 16.5. The monoisotopic (exact) mass is 719 g/mol. The van der Waals surface area contributed by atoms with Gasteiger partial charge in [0.25, 0.3) is 0 Å². The van der Waals surface area contributed by atoms with E-state index in [0.717, 1.165) is 68.3 Å². The van der Waals surface area contributed by atoms with Gasteiger partial charge in [-0.3, -0.25) is 0 Å². The molecular weight excluding hydrogens is 683 g/mol. The van der Waals surface area contributed by atoms with Gasteiger partial charge in [-0.1, -0.05) is 182 Å². The average molecular weight is 720 g/mol. The number of aromatic nitrogens is 3. The van der Waals surface area contributed by atoms with Crippen LogP contribution >= 0.6 is 0 Å². The van der Waals surface area contributed by atoms with Gasteiger partial charge < -0.3 is 4.74 Å². The van der Waals surface area contributed by atoms with E-state index < -0.39 is 5.41 Å². The molecule has 2 aliphatic rings. The molecule has 1 unspecified atom stereocenters. The fourth-order valence-corrected chi connectivity index (χ4v) is 8.28. The quantitative estimate of drug-likeness (QED) is 0.165. The highest BCUT2D eigenvalue weighted by Crippen LogP contribution is 2.55. The van der Waals surface area contributed by atoms with Gasteiger partial charge in [0.2, 0.25) is 0 Å². The van der Waals surface area contributed by atoms with Crippen LogP contribution < -0.4 is 4.74 Å². The fraction of sp³-hybridized carbons (Fsp3) is 0.0577. The third-order valence-electron chi connectivity index (χ3n) is 11.0. The van der Waals surface area contributed by atoms with Gasteiger partial charge in [-0.25, -0.2) is 15.0 Å². The summed E-state index contributed by atoms with van der Waals surface area (Å²) in [4.78, 5) is 15.3. The largest absolute Gasteiger partial charge is 0.457 e. The summed E-state index contributed by atoms with van der Waals surface area (Å²) in [6.07, 6.45) is 9.35. The number of ether oxygens (including phenoxy) is 1. The Kier molecular flexibility index (Phi) is 8.49. The molecule has 7 aromatic carbocycles. The van der Waals surface area contributed by atoms with Crippen molar-refractivity contribution in [1.82, 2.24) is 15.0 Å². The van der Waals surface area contributed by atoms with Gasteiger partial charge in [0.15, 0.2) is 11.6 Å². The molecule has 0 bridgehead atoms. The Hall–Kier alpha value is -7.17. The van der Waals surface area contributed by atoms with Crippen molar-refractivity contribution in [2.45, 2.75) is 17.8 Å². The number of hydrogen-bond acceptors (Lipinski definition) is 4. The lowest BCUT2D eigenvalue weighted by Gasteiger charge is -2.41. The average Bonchev–Trinajstić information content (AvgIpc) is 3.29. The Balaban J connectivity index is 1.09. The van der Waals surface area contributed by atoms with Crippen molar-refractivity contribution in [3.8, 4) is 56.5 Å². The molecule has 10 rings (SSSR count). The van der Waals surface area contributed by atoms with Crippen molar-refractivity contribution in [1.29, 1.82) is 0 Å². The van der Waals surface area contributed by atoms with Crippen LogP contribution in [0.3, 0.4) is 0 Å². The second kappa shape index (κ2) is 14.2. The minimum Gasteiger partial charge on any atom is -0.457 e. The smallest absolute Gasteiger partial charge is 0.163 e. The Morgan fingerprint density at radius 2 is 0.964 bits per heavy atom. The maximum absolute atomic E-state index is 6.80. The van der Waals surface area contributed by atoms with Gasteiger partial charge in [-0.2, -0.15) is 0 Å². The van der Waals surface area contributed by atoms with E-state index in [1.807, 2.05) is 12.1 Å². The van der Waals surface area contributed by atoms with Gasteiger partial charge in [-0.15, -0.1) is 0 Å². The Bertz CT molecular complexity index is 2720. The summed E-state index contributed by atoms with van der Waals surface area (Å²) in [5, 5.41) is 0. The van der Waals surface area contributed by atoms with Crippen LogP contribution in [-0.2, 0) is 5.41 Å². The van der Waals surface area contributed by atoms with E-state index in [2.05, 4.69) is 194 Å². The molecule has 1 atom stereocenters. The summed E-state index contributed by atoms with van der Waals surface area (Å²) >= 11 is 0. The second-order valence-corrected chi connectivity index (χ2v) is 14.3. The maximum atomic E-state index is 6.80. The first-order valence-corrected chi connectivity index (χ1v) is 19.1. The van der Waals surface area contributed by atoms with Crippen LogP contribution in [0.15, 0.2) is 206 Å². The third kappa shape index (κ3) is 5.93. The number of hydrogen-bond donors (Lipinski definition) is 0. The molecule has 0 amide bonds. The van der Waals surface area contributed by atoms with Gasteiger partial charge >= 0.3 is 0 Å². The van der Waals surface area contributed by atoms with E-state index in [-0.39, 0.29) is 5.92 Å². The molecule has 0 radical (unpaired) electrons. The van der Waals surface area contributed by atoms with Crippen LogP contribution in [0.4, 0.5) is 0 Å². The fourth-order valence-electron chi connectivity index (χ4n) is 8.28. The van der Waals surface area contributed by atoms with Crippen LogP contribution in [0.2, 0.25) is 0 Å². The number of rotatable bonds is 7. The predicted molar refractivity (Wildman–Crippen MR) is 226 cm³/mol. The molecule has 4 nitrogen and oxygen atoms in total. The number of benzene rings is 7. The van der Waals surface area contributed by atoms with E-state index in [4.69, 9.17) is 19.7 Å². The zero-order valence-corrected chi connectivity index (χ0v) is 30.7. The van der Waals surface area contributed by atoms with Crippen LogP contribution in [0.5, 0.6) is 11.5 Å². The molecule has 0 spiro atoms. The molecule has 0 N–H and O–H groups in total. The zero-order chi connectivity index (χ0) is 37.3. The van der Waals surface area contributed by atoms with E-state index in [0.29, 0.717) is 11.6 Å². The van der Waals surface area contributed by atoms with E-state index in [9.17, 15) is 0 Å². The Morgan fingerprint density at radius 3 is 1.61 bits per heavy atom. The summed E-state index contributed by atoms with van der Waals surface area (Å²) < 4.78 is 6.80. The van der Waals surface area contributed by atoms with Crippen molar-refractivity contribution in [3.05, 3.63) is 234 Å². The van der Waals surface area contributed by atoms with Crippen LogP contribution in [0.25, 0.3) is 45.0 Å². The number of fused-ring (bicyclic) bond motifs is 2. The van der Waals surface area contributed by atoms with Gasteiger partial charge in [0.05, 0.1) is 5.41 Å². The summed E-state index contributed by atoms with van der Waals surface area (Å²) in [6, 6.07) is 64.0. The molecule has 1 aliphatic carbocycles. The SMILES string of the molecule is C1=CCC(c2nc(-c3cccc(-c4ccccc4)c3)nc(-c3cccc(-c4ccc5c(c4)Oc4ccccc4C5(c4ccccc4)c4ccccc4)c3)n2)C=C1. The topological polar surface area (TPSA) is 47.9 Å². The standard InChI is InChI=1S/C52H37N3O/c1-5-17-36(18-6-1)38-21-15-23-41(33-38)50-53-49(37-19-7-2-8-20-37)54-51(55-50)42-24-16-22-39(34-42)40-31-32-46-48(35-40)56-47-30-14-13-29-45(47)52(46,43-25-9-3-10-26-43)44-27-11-4-12-28-44/h1-19,21-35,37H,20H2. The summed E-state index contributed by atoms with van der Waals surface area (Å²) in [7, 11) is 0.